The number of carbonyl (C=O) groups is 1. The molecule has 3 aromatic rings. The van der Waals surface area contributed by atoms with Gasteiger partial charge in [-0.3, -0.25) is 4.79 Å². The zero-order valence-electron chi connectivity index (χ0n) is 17.1. The first-order valence-corrected chi connectivity index (χ1v) is 9.68. The number of hydrogen-bond donors (Lipinski definition) is 2. The van der Waals surface area contributed by atoms with Gasteiger partial charge in [-0.25, -0.2) is 15.2 Å². The second-order valence-corrected chi connectivity index (χ2v) is 7.04. The number of aromatic nitrogens is 1. The van der Waals surface area contributed by atoms with Crippen LogP contribution in [0.15, 0.2) is 53.1 Å². The van der Waals surface area contributed by atoms with Gasteiger partial charge in [0, 0.05) is 17.7 Å². The van der Waals surface area contributed by atoms with E-state index < -0.39 is 12.0 Å². The van der Waals surface area contributed by atoms with Gasteiger partial charge in [0.25, 0.3) is 0 Å². The summed E-state index contributed by atoms with van der Waals surface area (Å²) in [6, 6.07) is 12.6. The third-order valence-electron chi connectivity index (χ3n) is 5.05. The minimum atomic E-state index is -0.521. The van der Waals surface area contributed by atoms with Crippen molar-refractivity contribution in [3.63, 3.8) is 0 Å². The second kappa shape index (κ2) is 9.15. The quantitative estimate of drug-likeness (QED) is 0.556. The standard InChI is InChI=1S/C22H22FN3O5/c1-28-19-8-5-14(9-21(19)29-2)20-10-16(26-31-20)12-30-22(27)18-11-17(24-25-18)13-3-6-15(23)7-4-13/h3-10,17-18,24-25H,11-12H2,1-2H3. The molecule has 2 unspecified atom stereocenters. The zero-order chi connectivity index (χ0) is 21.8. The smallest absolute Gasteiger partial charge is 0.324 e. The molecule has 162 valence electrons. The molecule has 2 aromatic carbocycles. The number of benzene rings is 2. The van der Waals surface area contributed by atoms with E-state index in [4.69, 9.17) is 18.7 Å². The molecule has 2 atom stereocenters. The van der Waals surface area contributed by atoms with Crippen molar-refractivity contribution in [3.05, 3.63) is 65.6 Å². The summed E-state index contributed by atoms with van der Waals surface area (Å²) in [5, 5.41) is 3.96. The van der Waals surface area contributed by atoms with Crippen molar-refractivity contribution in [1.29, 1.82) is 0 Å². The van der Waals surface area contributed by atoms with E-state index in [0.717, 1.165) is 11.1 Å². The minimum absolute atomic E-state index is 0.0188. The highest BCUT2D eigenvalue weighted by atomic mass is 19.1. The van der Waals surface area contributed by atoms with Crippen molar-refractivity contribution in [3.8, 4) is 22.8 Å². The van der Waals surface area contributed by atoms with Gasteiger partial charge >= 0.3 is 5.97 Å². The fourth-order valence-corrected chi connectivity index (χ4v) is 3.38. The predicted molar refractivity (Wildman–Crippen MR) is 109 cm³/mol. The number of nitrogens with one attached hydrogen (secondary N) is 2. The van der Waals surface area contributed by atoms with Crippen LogP contribution in [0.5, 0.6) is 11.5 Å². The fourth-order valence-electron chi connectivity index (χ4n) is 3.38. The molecule has 1 saturated heterocycles. The average Bonchev–Trinajstić information content (AvgIpc) is 3.48. The predicted octanol–water partition coefficient (Wildman–Crippen LogP) is 3.15. The molecule has 8 nitrogen and oxygen atoms in total. The van der Waals surface area contributed by atoms with E-state index in [0.29, 0.717) is 29.4 Å². The maximum atomic E-state index is 13.1. The van der Waals surface area contributed by atoms with Crippen LogP contribution in [-0.4, -0.2) is 31.4 Å². The van der Waals surface area contributed by atoms with Gasteiger partial charge in [0.15, 0.2) is 17.3 Å². The molecule has 0 aliphatic carbocycles. The summed E-state index contributed by atoms with van der Waals surface area (Å²) in [5.74, 6) is 0.985. The highest BCUT2D eigenvalue weighted by molar-refractivity contribution is 5.76. The van der Waals surface area contributed by atoms with Gasteiger partial charge in [-0.2, -0.15) is 0 Å². The van der Waals surface area contributed by atoms with Crippen molar-refractivity contribution >= 4 is 5.97 Å². The summed E-state index contributed by atoms with van der Waals surface area (Å²) in [6.07, 6.45) is 0.486. The Labute approximate surface area is 178 Å². The molecule has 0 saturated carbocycles. The maximum absolute atomic E-state index is 13.1. The van der Waals surface area contributed by atoms with Crippen molar-refractivity contribution in [2.75, 3.05) is 14.2 Å². The van der Waals surface area contributed by atoms with E-state index in [1.165, 1.54) is 12.1 Å². The Morgan fingerprint density at radius 1 is 1.10 bits per heavy atom. The van der Waals surface area contributed by atoms with Crippen LogP contribution in [0.25, 0.3) is 11.3 Å². The second-order valence-electron chi connectivity index (χ2n) is 7.04. The number of methoxy groups -OCH3 is 2. The molecule has 2 heterocycles. The largest absolute Gasteiger partial charge is 0.493 e. The Morgan fingerprint density at radius 2 is 1.87 bits per heavy atom. The van der Waals surface area contributed by atoms with Gasteiger partial charge in [0.05, 0.1) is 14.2 Å². The molecule has 9 heteroatoms. The molecule has 1 aromatic heterocycles. The lowest BCUT2D eigenvalue weighted by Gasteiger charge is -2.09. The first-order chi connectivity index (χ1) is 15.1. The van der Waals surface area contributed by atoms with E-state index in [-0.39, 0.29) is 18.5 Å². The van der Waals surface area contributed by atoms with E-state index in [1.807, 2.05) is 6.07 Å². The zero-order valence-corrected chi connectivity index (χ0v) is 17.1. The Morgan fingerprint density at radius 3 is 2.61 bits per heavy atom. The molecule has 1 aliphatic heterocycles. The lowest BCUT2D eigenvalue weighted by atomic mass is 10.0. The molecule has 0 amide bonds. The Kier molecular flexibility index (Phi) is 6.15. The molecular weight excluding hydrogens is 405 g/mol. The maximum Gasteiger partial charge on any atom is 0.324 e. The van der Waals surface area contributed by atoms with Crippen LogP contribution in [0.3, 0.4) is 0 Å². The van der Waals surface area contributed by atoms with Crippen LogP contribution in [0.2, 0.25) is 0 Å². The molecule has 1 aliphatic rings. The van der Waals surface area contributed by atoms with E-state index >= 15 is 0 Å². The summed E-state index contributed by atoms with van der Waals surface area (Å²) in [5.41, 5.74) is 8.09. The third-order valence-corrected chi connectivity index (χ3v) is 5.05. The average molecular weight is 427 g/mol. The van der Waals surface area contributed by atoms with Crippen LogP contribution in [0, 0.1) is 5.82 Å². The molecule has 4 rings (SSSR count). The van der Waals surface area contributed by atoms with Gasteiger partial charge in [-0.1, -0.05) is 17.3 Å². The van der Waals surface area contributed by atoms with Crippen molar-refractivity contribution in [1.82, 2.24) is 16.0 Å². The summed E-state index contributed by atoms with van der Waals surface area (Å²) >= 11 is 0. The topological polar surface area (TPSA) is 94.9 Å². The van der Waals surface area contributed by atoms with Crippen molar-refractivity contribution in [2.24, 2.45) is 0 Å². The van der Waals surface area contributed by atoms with Gasteiger partial charge in [-0.05, 0) is 42.3 Å². The van der Waals surface area contributed by atoms with E-state index in [2.05, 4.69) is 16.0 Å². The number of halogens is 1. The Balaban J connectivity index is 1.33. The molecule has 1 fully saturated rings. The number of hydrogen-bond acceptors (Lipinski definition) is 8. The number of carbonyl (C=O) groups excluding carboxylic acids is 1. The summed E-state index contributed by atoms with van der Waals surface area (Å²) < 4.78 is 34.4. The first kappa shape index (κ1) is 20.8. The van der Waals surface area contributed by atoms with Crippen LogP contribution in [-0.2, 0) is 16.1 Å². The molecule has 0 radical (unpaired) electrons. The number of nitrogens with zero attached hydrogens (tertiary/aromatic N) is 1. The van der Waals surface area contributed by atoms with Gasteiger partial charge < -0.3 is 18.7 Å². The fraction of sp³-hybridized carbons (Fsp3) is 0.273. The number of hydrazine groups is 1. The Hall–Kier alpha value is -3.43. The highest BCUT2D eigenvalue weighted by Gasteiger charge is 2.31. The normalized spacial score (nSPS) is 18.0. The number of esters is 1. The number of ether oxygens (including phenoxy) is 3. The van der Waals surface area contributed by atoms with Crippen LogP contribution >= 0.6 is 0 Å². The monoisotopic (exact) mass is 427 g/mol. The summed E-state index contributed by atoms with van der Waals surface area (Å²) in [4.78, 5) is 12.4. The molecule has 2 N–H and O–H groups in total. The lowest BCUT2D eigenvalue weighted by Crippen LogP contribution is -2.37. The molecule has 31 heavy (non-hydrogen) atoms. The van der Waals surface area contributed by atoms with Crippen LogP contribution in [0.4, 0.5) is 4.39 Å². The third kappa shape index (κ3) is 4.68. The van der Waals surface area contributed by atoms with Gasteiger partial charge in [0.2, 0.25) is 0 Å². The van der Waals surface area contributed by atoms with E-state index in [1.54, 1.807) is 44.6 Å². The SMILES string of the molecule is COc1ccc(-c2cc(COC(=O)C3CC(c4ccc(F)cc4)NN3)no2)cc1OC. The van der Waals surface area contributed by atoms with E-state index in [9.17, 15) is 9.18 Å². The summed E-state index contributed by atoms with van der Waals surface area (Å²) in [7, 11) is 3.12. The first-order valence-electron chi connectivity index (χ1n) is 9.68. The molecule has 0 spiro atoms. The Bertz CT molecular complexity index is 1050. The van der Waals surface area contributed by atoms with Crippen molar-refractivity contribution in [2.45, 2.75) is 25.1 Å². The minimum Gasteiger partial charge on any atom is -0.493 e. The van der Waals surface area contributed by atoms with Crippen LogP contribution in [0.1, 0.15) is 23.7 Å². The van der Waals surface area contributed by atoms with Crippen LogP contribution < -0.4 is 20.3 Å². The lowest BCUT2D eigenvalue weighted by molar-refractivity contribution is -0.147. The van der Waals surface area contributed by atoms with Crippen molar-refractivity contribution < 1.29 is 27.9 Å². The number of rotatable bonds is 7. The summed E-state index contributed by atoms with van der Waals surface area (Å²) in [6.45, 7) is -0.0188. The van der Waals surface area contributed by atoms with Gasteiger partial charge in [-0.15, -0.1) is 0 Å². The van der Waals surface area contributed by atoms with Gasteiger partial charge in [0.1, 0.15) is 24.2 Å². The highest BCUT2D eigenvalue weighted by Crippen LogP contribution is 2.32. The molecule has 0 bridgehead atoms. The molecular formula is C22H22FN3O5.